The average molecular weight is 497 g/mol. The maximum atomic E-state index is 12.3. The van der Waals surface area contributed by atoms with Crippen LogP contribution in [0.25, 0.3) is 6.08 Å². The Labute approximate surface area is 194 Å². The van der Waals surface area contributed by atoms with Crippen molar-refractivity contribution in [3.63, 3.8) is 0 Å². The van der Waals surface area contributed by atoms with Gasteiger partial charge in [-0.05, 0) is 58.3 Å². The molecule has 0 saturated heterocycles. The van der Waals surface area contributed by atoms with Crippen LogP contribution in [0.1, 0.15) is 16.7 Å². The molecule has 164 valence electrons. The summed E-state index contributed by atoms with van der Waals surface area (Å²) in [5.74, 6) is 0.664. The van der Waals surface area contributed by atoms with Gasteiger partial charge in [0.15, 0.2) is 11.5 Å². The summed E-state index contributed by atoms with van der Waals surface area (Å²) in [6.07, 6.45) is 2.96. The van der Waals surface area contributed by atoms with Gasteiger partial charge in [-0.25, -0.2) is 0 Å². The van der Waals surface area contributed by atoms with Gasteiger partial charge in [-0.2, -0.15) is 0 Å². The fourth-order valence-electron chi connectivity index (χ4n) is 2.95. The Kier molecular flexibility index (Phi) is 7.62. The van der Waals surface area contributed by atoms with Gasteiger partial charge in [0.1, 0.15) is 6.61 Å². The molecule has 0 aliphatic rings. The number of halogens is 1. The van der Waals surface area contributed by atoms with E-state index in [-0.39, 0.29) is 5.69 Å². The van der Waals surface area contributed by atoms with Gasteiger partial charge in [-0.15, -0.1) is 0 Å². The lowest BCUT2D eigenvalue weighted by atomic mass is 10.1. The molecule has 7 nitrogen and oxygen atoms in total. The Balaban J connectivity index is 1.71. The number of nitro benzene ring substituents is 1. The third-order valence-corrected chi connectivity index (χ3v) is 5.17. The molecule has 8 heteroatoms. The molecule has 1 N–H and O–H groups in total. The highest BCUT2D eigenvalue weighted by Gasteiger charge is 2.13. The molecular formula is C24H21BrN2O5. The van der Waals surface area contributed by atoms with Crippen molar-refractivity contribution in [2.75, 3.05) is 12.4 Å². The standard InChI is InChI=1S/C24H21BrN2O5/c1-16-8-10-19(14-21(16)27(29)30)26-23(28)11-9-18-12-20(25)24(22(13-18)31-2)32-15-17-6-4-3-5-7-17/h3-14H,15H2,1-2H3,(H,26,28)/b11-9+. The minimum atomic E-state index is -0.480. The fraction of sp³-hybridized carbons (Fsp3) is 0.125. The van der Waals surface area contributed by atoms with E-state index in [9.17, 15) is 14.9 Å². The number of carbonyl (C=O) groups excluding carboxylic acids is 1. The number of nitro groups is 1. The number of methoxy groups -OCH3 is 1. The number of nitrogens with one attached hydrogen (secondary N) is 1. The summed E-state index contributed by atoms with van der Waals surface area (Å²) in [5, 5.41) is 13.7. The zero-order chi connectivity index (χ0) is 23.1. The van der Waals surface area contributed by atoms with Crippen LogP contribution in [-0.4, -0.2) is 17.9 Å². The number of hydrogen-bond donors (Lipinski definition) is 1. The Bertz CT molecular complexity index is 1160. The van der Waals surface area contributed by atoms with Gasteiger partial charge in [0.25, 0.3) is 5.69 Å². The number of ether oxygens (including phenoxy) is 2. The molecule has 32 heavy (non-hydrogen) atoms. The van der Waals surface area contributed by atoms with Gasteiger partial charge < -0.3 is 14.8 Å². The highest BCUT2D eigenvalue weighted by molar-refractivity contribution is 9.10. The van der Waals surface area contributed by atoms with E-state index in [1.54, 1.807) is 38.3 Å². The number of aryl methyl sites for hydroxylation is 1. The van der Waals surface area contributed by atoms with Crippen molar-refractivity contribution in [3.05, 3.63) is 98.0 Å². The van der Waals surface area contributed by atoms with E-state index in [4.69, 9.17) is 9.47 Å². The molecule has 0 spiro atoms. The quantitative estimate of drug-likeness (QED) is 0.238. The number of nitrogens with zero attached hydrogens (tertiary/aromatic N) is 1. The number of anilines is 1. The lowest BCUT2D eigenvalue weighted by Crippen LogP contribution is -2.08. The van der Waals surface area contributed by atoms with Crippen LogP contribution in [0.3, 0.4) is 0 Å². The lowest BCUT2D eigenvalue weighted by molar-refractivity contribution is -0.385. The predicted octanol–water partition coefficient (Wildman–Crippen LogP) is 5.91. The van der Waals surface area contributed by atoms with Gasteiger partial charge in [-0.3, -0.25) is 14.9 Å². The second kappa shape index (κ2) is 10.6. The number of rotatable bonds is 8. The van der Waals surface area contributed by atoms with E-state index >= 15 is 0 Å². The molecule has 0 aromatic heterocycles. The highest BCUT2D eigenvalue weighted by atomic mass is 79.9. The zero-order valence-electron chi connectivity index (χ0n) is 17.5. The van der Waals surface area contributed by atoms with E-state index in [2.05, 4.69) is 21.2 Å². The summed E-state index contributed by atoms with van der Waals surface area (Å²) >= 11 is 3.50. The molecule has 0 aliphatic carbocycles. The smallest absolute Gasteiger partial charge is 0.274 e. The molecule has 0 unspecified atom stereocenters. The van der Waals surface area contributed by atoms with Crippen LogP contribution in [0.5, 0.6) is 11.5 Å². The van der Waals surface area contributed by atoms with Crippen LogP contribution in [-0.2, 0) is 11.4 Å². The molecule has 0 aliphatic heterocycles. The van der Waals surface area contributed by atoms with Crippen LogP contribution in [0.4, 0.5) is 11.4 Å². The third kappa shape index (κ3) is 5.95. The molecule has 0 heterocycles. The Morgan fingerprint density at radius 1 is 1.16 bits per heavy atom. The van der Waals surface area contributed by atoms with E-state index < -0.39 is 10.8 Å². The maximum Gasteiger partial charge on any atom is 0.274 e. The topological polar surface area (TPSA) is 90.7 Å². The summed E-state index contributed by atoms with van der Waals surface area (Å²) in [7, 11) is 1.54. The molecule has 3 rings (SSSR count). The fourth-order valence-corrected chi connectivity index (χ4v) is 3.52. The molecule has 0 fully saturated rings. The van der Waals surface area contributed by atoms with E-state index in [0.29, 0.717) is 39.4 Å². The first kappa shape index (κ1) is 23.0. The van der Waals surface area contributed by atoms with Gasteiger partial charge >= 0.3 is 0 Å². The van der Waals surface area contributed by atoms with E-state index in [1.807, 2.05) is 36.4 Å². The van der Waals surface area contributed by atoms with Crippen molar-refractivity contribution in [2.24, 2.45) is 0 Å². The van der Waals surface area contributed by atoms with Gasteiger partial charge in [0.05, 0.1) is 16.5 Å². The Hall–Kier alpha value is -3.65. The number of hydrogen-bond acceptors (Lipinski definition) is 5. The van der Waals surface area contributed by atoms with Crippen LogP contribution in [0, 0.1) is 17.0 Å². The first-order valence-corrected chi connectivity index (χ1v) is 10.4. The predicted molar refractivity (Wildman–Crippen MR) is 127 cm³/mol. The minimum Gasteiger partial charge on any atom is -0.493 e. The summed E-state index contributed by atoms with van der Waals surface area (Å²) in [4.78, 5) is 22.9. The highest BCUT2D eigenvalue weighted by Crippen LogP contribution is 2.37. The largest absolute Gasteiger partial charge is 0.493 e. The molecule has 1 amide bonds. The molecule has 0 atom stereocenters. The van der Waals surface area contributed by atoms with E-state index in [1.165, 1.54) is 12.1 Å². The number of amides is 1. The van der Waals surface area contributed by atoms with Gasteiger partial charge in [0, 0.05) is 23.4 Å². The van der Waals surface area contributed by atoms with Crippen molar-refractivity contribution < 1.29 is 19.2 Å². The first-order chi connectivity index (χ1) is 15.4. The number of carbonyl (C=O) groups is 1. The maximum absolute atomic E-state index is 12.3. The van der Waals surface area contributed by atoms with Crippen LogP contribution < -0.4 is 14.8 Å². The minimum absolute atomic E-state index is 0.0495. The SMILES string of the molecule is COc1cc(/C=C/C(=O)Nc2ccc(C)c([N+](=O)[O-])c2)cc(Br)c1OCc1ccccc1. The van der Waals surface area contributed by atoms with E-state index in [0.717, 1.165) is 5.56 Å². The van der Waals surface area contributed by atoms with Gasteiger partial charge in [-0.1, -0.05) is 36.4 Å². The molecular weight excluding hydrogens is 476 g/mol. The second-order valence-corrected chi connectivity index (χ2v) is 7.74. The summed E-state index contributed by atoms with van der Waals surface area (Å²) < 4.78 is 12.0. The summed E-state index contributed by atoms with van der Waals surface area (Å²) in [6, 6.07) is 17.9. The molecule has 0 saturated carbocycles. The number of benzene rings is 3. The molecule has 3 aromatic rings. The van der Waals surface area contributed by atoms with Crippen LogP contribution in [0.15, 0.2) is 71.2 Å². The van der Waals surface area contributed by atoms with Crippen molar-refractivity contribution in [1.29, 1.82) is 0 Å². The monoisotopic (exact) mass is 496 g/mol. The summed E-state index contributed by atoms with van der Waals surface area (Å²) in [6.45, 7) is 2.03. The van der Waals surface area contributed by atoms with Crippen LogP contribution >= 0.6 is 15.9 Å². The third-order valence-electron chi connectivity index (χ3n) is 4.58. The Morgan fingerprint density at radius 2 is 1.91 bits per heavy atom. The van der Waals surface area contributed by atoms with Crippen molar-refractivity contribution >= 4 is 39.3 Å². The first-order valence-electron chi connectivity index (χ1n) is 9.65. The van der Waals surface area contributed by atoms with Crippen LogP contribution in [0.2, 0.25) is 0 Å². The Morgan fingerprint density at radius 3 is 2.59 bits per heavy atom. The van der Waals surface area contributed by atoms with Crippen molar-refractivity contribution in [3.8, 4) is 11.5 Å². The van der Waals surface area contributed by atoms with Gasteiger partial charge in [0.2, 0.25) is 5.91 Å². The summed E-state index contributed by atoms with van der Waals surface area (Å²) in [5.41, 5.74) is 2.56. The molecule has 3 aromatic carbocycles. The van der Waals surface area contributed by atoms with Crippen molar-refractivity contribution in [2.45, 2.75) is 13.5 Å². The average Bonchev–Trinajstić information content (AvgIpc) is 2.78. The molecule has 0 radical (unpaired) electrons. The lowest BCUT2D eigenvalue weighted by Gasteiger charge is -2.13. The molecule has 0 bridgehead atoms. The zero-order valence-corrected chi connectivity index (χ0v) is 19.1. The normalized spacial score (nSPS) is 10.7. The second-order valence-electron chi connectivity index (χ2n) is 6.89. The van der Waals surface area contributed by atoms with Crippen molar-refractivity contribution in [1.82, 2.24) is 0 Å².